The first kappa shape index (κ1) is 29.4. The van der Waals surface area contributed by atoms with E-state index in [4.69, 9.17) is 48.5 Å². The molecule has 11 heteroatoms. The molecule has 0 aliphatic heterocycles. The Morgan fingerprint density at radius 3 is 1.26 bits per heavy atom. The zero-order chi connectivity index (χ0) is 22.8. The molecule has 2 aromatic carbocycles. The van der Waals surface area contributed by atoms with Gasteiger partial charge in [-0.05, 0) is 34.6 Å². The molecule has 0 heterocycles. The summed E-state index contributed by atoms with van der Waals surface area (Å²) in [4.78, 5) is 33.9. The van der Waals surface area contributed by atoms with E-state index in [1.165, 1.54) is 0 Å². The zero-order valence-corrected chi connectivity index (χ0v) is 23.6. The van der Waals surface area contributed by atoms with Crippen LogP contribution in [-0.4, -0.2) is 60.1 Å². The first-order valence-corrected chi connectivity index (χ1v) is 10.1. The van der Waals surface area contributed by atoms with E-state index in [1.807, 2.05) is 0 Å². The molecule has 2 rings (SSSR count). The van der Waals surface area contributed by atoms with Crippen LogP contribution in [0.15, 0.2) is 58.5 Å². The fourth-order valence-corrected chi connectivity index (χ4v) is 2.36. The minimum Gasteiger partial charge on any atom is -0.742 e. The summed E-state index contributed by atoms with van der Waals surface area (Å²) in [6.45, 7) is 0. The van der Waals surface area contributed by atoms with E-state index in [9.17, 15) is 9.59 Å². The summed E-state index contributed by atoms with van der Waals surface area (Å²) in [5.41, 5.74) is 0.728. The molecule has 160 valence electrons. The number of benzene rings is 2. The first-order chi connectivity index (χ1) is 14.0. The Labute approximate surface area is 216 Å². The van der Waals surface area contributed by atoms with Gasteiger partial charge in [0.05, 0.1) is 21.2 Å². The standard InChI is InChI=1S/2C10H11ClN2OS.Zn/c2*1-13(2)10(15)12-9(14)7-5-3-4-6-8(7)11;/h2*3-6H,1-2H3,(H,12,14,15);/q;;+2/p-2. The number of nitrogens with zero attached hydrogens (tertiary/aromatic N) is 4. The number of hydrogen-bond donors (Lipinski definition) is 0. The fourth-order valence-electron chi connectivity index (χ4n) is 1.76. The second-order valence-electron chi connectivity index (χ2n) is 6.15. The van der Waals surface area contributed by atoms with E-state index in [1.54, 1.807) is 86.5 Å². The molecule has 0 atom stereocenters. The third-order valence-electron chi connectivity index (χ3n) is 3.37. The monoisotopic (exact) mass is 546 g/mol. The van der Waals surface area contributed by atoms with Gasteiger partial charge in [-0.15, -0.1) is 0 Å². The quantitative estimate of drug-likeness (QED) is 0.246. The number of halogens is 2. The average molecular weight is 549 g/mol. The van der Waals surface area contributed by atoms with Crippen LogP contribution in [-0.2, 0) is 44.7 Å². The van der Waals surface area contributed by atoms with Crippen molar-refractivity contribution in [1.82, 2.24) is 9.80 Å². The van der Waals surface area contributed by atoms with Crippen LogP contribution in [0.1, 0.15) is 20.7 Å². The summed E-state index contributed by atoms with van der Waals surface area (Å²) in [6, 6.07) is 13.5. The molecule has 0 fully saturated rings. The number of hydrogen-bond acceptors (Lipinski definition) is 4. The van der Waals surface area contributed by atoms with Gasteiger partial charge in [0.15, 0.2) is 0 Å². The Morgan fingerprint density at radius 2 is 1.00 bits per heavy atom. The molecule has 0 aliphatic rings. The molecule has 0 spiro atoms. The van der Waals surface area contributed by atoms with Gasteiger partial charge in [0.1, 0.15) is 0 Å². The van der Waals surface area contributed by atoms with Gasteiger partial charge in [-0.2, -0.15) is 0 Å². The maximum Gasteiger partial charge on any atom is 2.00 e. The van der Waals surface area contributed by atoms with Crippen molar-refractivity contribution in [3.8, 4) is 0 Å². The van der Waals surface area contributed by atoms with E-state index < -0.39 is 11.8 Å². The summed E-state index contributed by atoms with van der Waals surface area (Å²) in [6.07, 6.45) is 0. The van der Waals surface area contributed by atoms with Crippen molar-refractivity contribution < 1.29 is 29.1 Å². The number of rotatable bonds is 2. The van der Waals surface area contributed by atoms with Crippen molar-refractivity contribution in [2.24, 2.45) is 9.98 Å². The van der Waals surface area contributed by atoms with Gasteiger partial charge in [0.2, 0.25) is 0 Å². The Morgan fingerprint density at radius 1 is 0.710 bits per heavy atom. The van der Waals surface area contributed by atoms with Crippen molar-refractivity contribution in [1.29, 1.82) is 0 Å². The van der Waals surface area contributed by atoms with Gasteiger partial charge in [-0.3, -0.25) is 9.59 Å². The number of carbonyl (C=O) groups is 2. The molecule has 0 bridgehead atoms. The van der Waals surface area contributed by atoms with Gasteiger partial charge in [0.25, 0.3) is 11.8 Å². The topological polar surface area (TPSA) is 65.3 Å². The fraction of sp³-hybridized carbons (Fsp3) is 0.200. The van der Waals surface area contributed by atoms with E-state index in [0.717, 1.165) is 0 Å². The van der Waals surface area contributed by atoms with E-state index in [0.29, 0.717) is 21.2 Å². The second kappa shape index (κ2) is 14.4. The van der Waals surface area contributed by atoms with E-state index in [-0.39, 0.29) is 29.8 Å². The zero-order valence-electron chi connectivity index (χ0n) is 17.5. The van der Waals surface area contributed by atoms with Crippen molar-refractivity contribution >= 4 is 70.6 Å². The van der Waals surface area contributed by atoms with Crippen LogP contribution in [0.4, 0.5) is 0 Å². The second-order valence-corrected chi connectivity index (χ2v) is 7.69. The van der Waals surface area contributed by atoms with Crippen LogP contribution in [0.5, 0.6) is 0 Å². The Bertz CT molecular complexity index is 892. The predicted octanol–water partition coefficient (Wildman–Crippen LogP) is 3.89. The van der Waals surface area contributed by atoms with Crippen molar-refractivity contribution in [2.45, 2.75) is 0 Å². The molecule has 0 unspecified atom stereocenters. The van der Waals surface area contributed by atoms with Gasteiger partial charge in [-0.1, -0.05) is 47.5 Å². The molecule has 6 nitrogen and oxygen atoms in total. The molecule has 0 aliphatic carbocycles. The predicted molar refractivity (Wildman–Crippen MR) is 129 cm³/mol. The van der Waals surface area contributed by atoms with E-state index in [2.05, 4.69) is 9.98 Å². The van der Waals surface area contributed by atoms with Crippen LogP contribution >= 0.6 is 23.2 Å². The molecule has 0 saturated carbocycles. The molecular weight excluding hydrogens is 529 g/mol. The molecule has 31 heavy (non-hydrogen) atoms. The summed E-state index contributed by atoms with van der Waals surface area (Å²) in [5, 5.41) is 1.24. The van der Waals surface area contributed by atoms with Crippen LogP contribution in [0.3, 0.4) is 0 Å². The molecular formula is C20H20Cl2N4O2S2Zn. The summed E-state index contributed by atoms with van der Waals surface area (Å²) in [5.74, 6) is -0.835. The normalized spacial score (nSPS) is 10.9. The molecule has 0 N–H and O–H groups in total. The molecule has 0 saturated heterocycles. The van der Waals surface area contributed by atoms with Crippen LogP contribution in [0, 0.1) is 0 Å². The Balaban J connectivity index is 0.000000562. The smallest absolute Gasteiger partial charge is 0.742 e. The van der Waals surface area contributed by atoms with Crippen molar-refractivity contribution in [3.05, 3.63) is 69.7 Å². The largest absolute Gasteiger partial charge is 2.00 e. The van der Waals surface area contributed by atoms with Crippen molar-refractivity contribution in [2.75, 3.05) is 28.2 Å². The third-order valence-corrected chi connectivity index (χ3v) is 4.94. The molecule has 0 aromatic heterocycles. The minimum atomic E-state index is -0.417. The summed E-state index contributed by atoms with van der Waals surface area (Å²) >= 11 is 21.5. The SMILES string of the molecule is CN(C)C([S-])=NC(=O)c1ccccc1Cl.CN(C)C([S-])=NC(=O)c1ccccc1Cl.[Zn+2]. The van der Waals surface area contributed by atoms with Gasteiger partial charge in [-0.25, -0.2) is 9.98 Å². The minimum absolute atomic E-state index is 0. The number of aliphatic imine (C=N–C) groups is 2. The van der Waals surface area contributed by atoms with Crippen LogP contribution < -0.4 is 0 Å². The molecule has 0 radical (unpaired) electrons. The maximum atomic E-state index is 11.6. The summed E-state index contributed by atoms with van der Waals surface area (Å²) < 4.78 is 0. The average Bonchev–Trinajstić information content (AvgIpc) is 2.68. The maximum absolute atomic E-state index is 11.6. The third kappa shape index (κ3) is 10.0. The van der Waals surface area contributed by atoms with Crippen LogP contribution in [0.2, 0.25) is 10.0 Å². The molecule has 2 amide bonds. The Kier molecular flexibility index (Phi) is 13.7. The molecule has 2 aromatic rings. The van der Waals surface area contributed by atoms with Crippen LogP contribution in [0.25, 0.3) is 0 Å². The first-order valence-electron chi connectivity index (χ1n) is 8.48. The van der Waals surface area contributed by atoms with Gasteiger partial charge < -0.3 is 35.1 Å². The van der Waals surface area contributed by atoms with E-state index >= 15 is 0 Å². The number of amides is 2. The van der Waals surface area contributed by atoms with Crippen molar-refractivity contribution in [3.63, 3.8) is 0 Å². The number of carbonyl (C=O) groups excluding carboxylic acids is 2. The summed E-state index contributed by atoms with van der Waals surface area (Å²) in [7, 11) is 6.91. The number of amidine groups is 2. The van der Waals surface area contributed by atoms with Gasteiger partial charge in [0, 0.05) is 28.2 Å². The Hall–Kier alpha value is -1.64. The van der Waals surface area contributed by atoms with Gasteiger partial charge >= 0.3 is 19.5 Å².